The van der Waals surface area contributed by atoms with Crippen molar-refractivity contribution in [2.45, 2.75) is 18.9 Å². The Morgan fingerprint density at radius 2 is 1.92 bits per heavy atom. The summed E-state index contributed by atoms with van der Waals surface area (Å²) in [6, 6.07) is 6.38. The van der Waals surface area contributed by atoms with Crippen molar-refractivity contribution in [1.29, 1.82) is 0 Å². The number of ether oxygens (including phenoxy) is 2. The summed E-state index contributed by atoms with van der Waals surface area (Å²) in [5, 5.41) is 20.9. The van der Waals surface area contributed by atoms with Crippen molar-refractivity contribution >= 4 is 6.01 Å². The summed E-state index contributed by atoms with van der Waals surface area (Å²) in [5.41, 5.74) is 0.799. The number of hydrogen-bond donors (Lipinski definition) is 0. The number of hydrogen-bond acceptors (Lipinski definition) is 7. The first-order valence-corrected chi connectivity index (χ1v) is 8.27. The van der Waals surface area contributed by atoms with E-state index in [2.05, 4.69) is 15.1 Å². The van der Waals surface area contributed by atoms with Gasteiger partial charge < -0.3 is 28.6 Å². The number of aromatic nitrogens is 2. The number of rotatable bonds is 2. The standard InChI is InChI=1S/C16H18N4O4/c21-20-6-3-12(4-7-20)19(5-8-20)16-18-17-15(24-16)11-1-2-13-14(9-11)23-10-22-13/h1-2,9,12H,3-8,10H2. The highest BCUT2D eigenvalue weighted by atomic mass is 16.7. The average Bonchev–Trinajstić information content (AvgIpc) is 3.19. The van der Waals surface area contributed by atoms with Gasteiger partial charge >= 0.3 is 6.01 Å². The van der Waals surface area contributed by atoms with Gasteiger partial charge in [-0.15, -0.1) is 5.10 Å². The molecule has 8 nitrogen and oxygen atoms in total. The Balaban J connectivity index is 1.43. The molecule has 6 rings (SSSR count). The molecule has 24 heavy (non-hydrogen) atoms. The van der Waals surface area contributed by atoms with E-state index in [4.69, 9.17) is 13.9 Å². The lowest BCUT2D eigenvalue weighted by Gasteiger charge is -2.44. The topological polar surface area (TPSA) is 83.7 Å². The van der Waals surface area contributed by atoms with E-state index in [1.807, 2.05) is 18.2 Å². The third-order valence-electron chi connectivity index (χ3n) is 5.21. The van der Waals surface area contributed by atoms with Crippen LogP contribution in [0.4, 0.5) is 6.01 Å². The highest BCUT2D eigenvalue weighted by Gasteiger charge is 2.37. The van der Waals surface area contributed by atoms with E-state index in [9.17, 15) is 5.21 Å². The molecule has 1 aromatic heterocycles. The normalized spacial score (nSPS) is 28.2. The van der Waals surface area contributed by atoms with Gasteiger partial charge in [-0.1, -0.05) is 5.10 Å². The zero-order valence-electron chi connectivity index (χ0n) is 13.2. The molecule has 4 aliphatic rings. The predicted molar refractivity (Wildman–Crippen MR) is 84.5 cm³/mol. The predicted octanol–water partition coefficient (Wildman–Crippen LogP) is 1.76. The smallest absolute Gasteiger partial charge is 0.318 e. The lowest BCUT2D eigenvalue weighted by atomic mass is 10.1. The molecular formula is C16H18N4O4. The SMILES string of the molecule is [O-][N+]12CCC(CC1)N(c1nnc(-c3ccc4c(c3)OCO4)o1)CC2. The van der Waals surface area contributed by atoms with Crippen LogP contribution in [0.5, 0.6) is 11.5 Å². The second-order valence-corrected chi connectivity index (χ2v) is 6.61. The van der Waals surface area contributed by atoms with Crippen molar-refractivity contribution in [3.8, 4) is 23.0 Å². The number of piperidine rings is 1. The van der Waals surface area contributed by atoms with Gasteiger partial charge in [-0.05, 0) is 18.2 Å². The molecular weight excluding hydrogens is 312 g/mol. The van der Waals surface area contributed by atoms with Crippen molar-refractivity contribution in [1.82, 2.24) is 10.2 Å². The zero-order chi connectivity index (χ0) is 16.1. The molecule has 2 aromatic rings. The first kappa shape index (κ1) is 14.1. The number of nitrogens with zero attached hydrogens (tertiary/aromatic N) is 4. The fourth-order valence-electron chi connectivity index (χ4n) is 3.76. The van der Waals surface area contributed by atoms with Crippen LogP contribution in [-0.2, 0) is 0 Å². The van der Waals surface area contributed by atoms with E-state index in [1.54, 1.807) is 0 Å². The first-order valence-electron chi connectivity index (χ1n) is 8.27. The maximum Gasteiger partial charge on any atom is 0.318 e. The summed E-state index contributed by atoms with van der Waals surface area (Å²) in [6.45, 7) is 2.85. The van der Waals surface area contributed by atoms with E-state index in [0.717, 1.165) is 24.2 Å². The Bertz CT molecular complexity index is 769. The van der Waals surface area contributed by atoms with Gasteiger partial charge in [0.25, 0.3) is 0 Å². The van der Waals surface area contributed by atoms with E-state index in [0.29, 0.717) is 49.9 Å². The third kappa shape index (κ3) is 2.22. The van der Waals surface area contributed by atoms with Crippen LogP contribution in [0.2, 0.25) is 0 Å². The van der Waals surface area contributed by atoms with Crippen molar-refractivity contribution < 1.29 is 18.5 Å². The Labute approximate surface area is 138 Å². The number of anilines is 1. The second-order valence-electron chi connectivity index (χ2n) is 6.61. The van der Waals surface area contributed by atoms with Crippen LogP contribution in [0.3, 0.4) is 0 Å². The summed E-state index contributed by atoms with van der Waals surface area (Å²) >= 11 is 0. The van der Waals surface area contributed by atoms with Crippen LogP contribution in [0.1, 0.15) is 12.8 Å². The molecule has 0 radical (unpaired) electrons. The Morgan fingerprint density at radius 3 is 2.79 bits per heavy atom. The van der Waals surface area contributed by atoms with Crippen molar-refractivity contribution in [3.05, 3.63) is 23.4 Å². The van der Waals surface area contributed by atoms with E-state index < -0.39 is 0 Å². The quantitative estimate of drug-likeness (QED) is 0.613. The first-order chi connectivity index (χ1) is 11.7. The summed E-state index contributed by atoms with van der Waals surface area (Å²) in [6.07, 6.45) is 1.76. The monoisotopic (exact) mass is 330 g/mol. The van der Waals surface area contributed by atoms with Crippen molar-refractivity contribution in [2.75, 3.05) is 37.9 Å². The fourth-order valence-corrected chi connectivity index (χ4v) is 3.76. The number of benzene rings is 1. The Morgan fingerprint density at radius 1 is 1.08 bits per heavy atom. The molecule has 0 aliphatic carbocycles. The lowest BCUT2D eigenvalue weighted by molar-refractivity contribution is -0.881. The van der Waals surface area contributed by atoms with Crippen LogP contribution >= 0.6 is 0 Å². The van der Waals surface area contributed by atoms with Crippen molar-refractivity contribution in [2.24, 2.45) is 0 Å². The van der Waals surface area contributed by atoms with Gasteiger partial charge in [-0.2, -0.15) is 0 Å². The molecule has 5 heterocycles. The molecule has 3 saturated heterocycles. The molecule has 0 N–H and O–H groups in total. The molecule has 0 spiro atoms. The maximum absolute atomic E-state index is 12.5. The molecule has 0 amide bonds. The molecule has 3 fully saturated rings. The highest BCUT2D eigenvalue weighted by molar-refractivity contribution is 5.60. The van der Waals surface area contributed by atoms with Gasteiger partial charge in [0.1, 0.15) is 0 Å². The lowest BCUT2D eigenvalue weighted by Crippen LogP contribution is -2.47. The minimum absolute atomic E-state index is 0.0871. The maximum atomic E-state index is 12.5. The number of quaternary nitrogens is 1. The minimum Gasteiger partial charge on any atom is -0.633 e. The van der Waals surface area contributed by atoms with E-state index >= 15 is 0 Å². The summed E-state index contributed by atoms with van der Waals surface area (Å²) in [7, 11) is 0. The summed E-state index contributed by atoms with van der Waals surface area (Å²) in [4.78, 5) is 2.11. The van der Waals surface area contributed by atoms with Crippen LogP contribution in [0, 0.1) is 5.21 Å². The highest BCUT2D eigenvalue weighted by Crippen LogP contribution is 2.36. The summed E-state index contributed by atoms with van der Waals surface area (Å²) in [5.74, 6) is 1.86. The molecule has 0 atom stereocenters. The number of hydroxylamine groups is 3. The van der Waals surface area contributed by atoms with Gasteiger partial charge in [-0.25, -0.2) is 0 Å². The third-order valence-corrected chi connectivity index (χ3v) is 5.21. The largest absolute Gasteiger partial charge is 0.633 e. The van der Waals surface area contributed by atoms with Crippen LogP contribution < -0.4 is 14.4 Å². The van der Waals surface area contributed by atoms with Gasteiger partial charge in [0.2, 0.25) is 12.7 Å². The van der Waals surface area contributed by atoms with Gasteiger partial charge in [-0.3, -0.25) is 0 Å². The number of fused-ring (bicyclic) bond motifs is 5. The van der Waals surface area contributed by atoms with Crippen molar-refractivity contribution in [3.63, 3.8) is 0 Å². The van der Waals surface area contributed by atoms with Crippen LogP contribution in [-0.4, -0.2) is 53.9 Å². The molecule has 4 aliphatic heterocycles. The summed E-state index contributed by atoms with van der Waals surface area (Å²) < 4.78 is 16.5. The van der Waals surface area contributed by atoms with E-state index in [-0.39, 0.29) is 11.4 Å². The zero-order valence-corrected chi connectivity index (χ0v) is 13.2. The molecule has 0 saturated carbocycles. The van der Waals surface area contributed by atoms with Gasteiger partial charge in [0, 0.05) is 24.4 Å². The van der Waals surface area contributed by atoms with Gasteiger partial charge in [0.05, 0.1) is 26.2 Å². The second kappa shape index (κ2) is 5.09. The van der Waals surface area contributed by atoms with Crippen LogP contribution in [0.15, 0.2) is 22.6 Å². The molecule has 126 valence electrons. The fraction of sp³-hybridized carbons (Fsp3) is 0.500. The molecule has 0 unspecified atom stereocenters. The van der Waals surface area contributed by atoms with E-state index in [1.165, 1.54) is 0 Å². The molecule has 8 heteroatoms. The van der Waals surface area contributed by atoms with Crippen LogP contribution in [0.25, 0.3) is 11.5 Å². The van der Waals surface area contributed by atoms with Gasteiger partial charge in [0.15, 0.2) is 11.5 Å². The minimum atomic E-state index is -0.0871. The Hall–Kier alpha value is -2.32. The Kier molecular flexibility index (Phi) is 2.98. The average molecular weight is 330 g/mol. The molecule has 1 aromatic carbocycles. The molecule has 2 bridgehead atoms.